The SMILES string of the molecule is CCCC(C)(C)CCCN(C)C. The van der Waals surface area contributed by atoms with Crippen LogP contribution >= 0.6 is 0 Å². The van der Waals surface area contributed by atoms with Gasteiger partial charge in [0, 0.05) is 0 Å². The molecule has 0 heterocycles. The average Bonchev–Trinajstić information content (AvgIpc) is 1.85. The third-order valence-electron chi connectivity index (χ3n) is 2.39. The van der Waals surface area contributed by atoms with E-state index in [0.717, 1.165) is 0 Å². The molecule has 0 unspecified atom stereocenters. The van der Waals surface area contributed by atoms with Crippen molar-refractivity contribution in [2.24, 2.45) is 5.41 Å². The lowest BCUT2D eigenvalue weighted by Crippen LogP contribution is -2.17. The molecule has 12 heavy (non-hydrogen) atoms. The first-order chi connectivity index (χ1) is 5.48. The lowest BCUT2D eigenvalue weighted by atomic mass is 9.83. The minimum atomic E-state index is 0.560. The van der Waals surface area contributed by atoms with Gasteiger partial charge in [0.15, 0.2) is 0 Å². The Kier molecular flexibility index (Phi) is 5.56. The van der Waals surface area contributed by atoms with Crippen molar-refractivity contribution >= 4 is 0 Å². The van der Waals surface area contributed by atoms with Crippen molar-refractivity contribution in [2.75, 3.05) is 20.6 Å². The van der Waals surface area contributed by atoms with Gasteiger partial charge in [-0.25, -0.2) is 0 Å². The molecule has 0 bridgehead atoms. The molecule has 1 heteroatoms. The third-order valence-corrected chi connectivity index (χ3v) is 2.39. The van der Waals surface area contributed by atoms with E-state index in [4.69, 9.17) is 0 Å². The van der Waals surface area contributed by atoms with Crippen molar-refractivity contribution < 1.29 is 0 Å². The number of nitrogens with zero attached hydrogens (tertiary/aromatic N) is 1. The predicted molar refractivity (Wildman–Crippen MR) is 56.5 cm³/mol. The van der Waals surface area contributed by atoms with Crippen LogP contribution in [0.3, 0.4) is 0 Å². The Morgan fingerprint density at radius 3 is 2.08 bits per heavy atom. The van der Waals surface area contributed by atoms with Gasteiger partial charge in [0.25, 0.3) is 0 Å². The second-order valence-electron chi connectivity index (χ2n) is 4.82. The lowest BCUT2D eigenvalue weighted by Gasteiger charge is -2.24. The van der Waals surface area contributed by atoms with Crippen LogP contribution < -0.4 is 0 Å². The molecule has 1 nitrogen and oxygen atoms in total. The summed E-state index contributed by atoms with van der Waals surface area (Å²) in [5, 5.41) is 0. The molecule has 0 spiro atoms. The van der Waals surface area contributed by atoms with Gasteiger partial charge in [-0.05, 0) is 45.3 Å². The fourth-order valence-corrected chi connectivity index (χ4v) is 1.68. The highest BCUT2D eigenvalue weighted by Gasteiger charge is 2.15. The molecule has 0 amide bonds. The fourth-order valence-electron chi connectivity index (χ4n) is 1.68. The zero-order valence-corrected chi connectivity index (χ0v) is 9.48. The van der Waals surface area contributed by atoms with E-state index in [2.05, 4.69) is 39.8 Å². The maximum atomic E-state index is 2.38. The van der Waals surface area contributed by atoms with Crippen LogP contribution in [0.5, 0.6) is 0 Å². The highest BCUT2D eigenvalue weighted by Crippen LogP contribution is 2.27. The number of hydrogen-bond donors (Lipinski definition) is 0. The van der Waals surface area contributed by atoms with Crippen molar-refractivity contribution in [1.29, 1.82) is 0 Å². The van der Waals surface area contributed by atoms with Crippen molar-refractivity contribution in [3.05, 3.63) is 0 Å². The number of rotatable bonds is 6. The monoisotopic (exact) mass is 171 g/mol. The summed E-state index contributed by atoms with van der Waals surface area (Å²) in [7, 11) is 4.29. The summed E-state index contributed by atoms with van der Waals surface area (Å²) in [6.45, 7) is 8.26. The molecule has 0 aliphatic heterocycles. The van der Waals surface area contributed by atoms with Crippen molar-refractivity contribution in [1.82, 2.24) is 4.90 Å². The molecule has 0 N–H and O–H groups in total. The molecular formula is C11H25N. The average molecular weight is 171 g/mol. The third kappa shape index (κ3) is 6.66. The second kappa shape index (κ2) is 5.58. The van der Waals surface area contributed by atoms with Gasteiger partial charge >= 0.3 is 0 Å². The van der Waals surface area contributed by atoms with E-state index in [9.17, 15) is 0 Å². The fraction of sp³-hybridized carbons (Fsp3) is 1.00. The molecule has 0 fully saturated rings. The van der Waals surface area contributed by atoms with Crippen molar-refractivity contribution in [3.8, 4) is 0 Å². The van der Waals surface area contributed by atoms with Gasteiger partial charge < -0.3 is 4.90 Å². The van der Waals surface area contributed by atoms with Crippen LogP contribution in [0.4, 0.5) is 0 Å². The Morgan fingerprint density at radius 2 is 1.67 bits per heavy atom. The smallest absolute Gasteiger partial charge is 0.00246 e. The molecule has 0 rings (SSSR count). The van der Waals surface area contributed by atoms with Gasteiger partial charge in [0.2, 0.25) is 0 Å². The first-order valence-corrected chi connectivity index (χ1v) is 5.12. The predicted octanol–water partition coefficient (Wildman–Crippen LogP) is 3.15. The summed E-state index contributed by atoms with van der Waals surface area (Å²) >= 11 is 0. The molecule has 0 aliphatic carbocycles. The minimum Gasteiger partial charge on any atom is -0.309 e. The largest absolute Gasteiger partial charge is 0.309 e. The normalized spacial score (nSPS) is 12.5. The molecule has 0 radical (unpaired) electrons. The van der Waals surface area contributed by atoms with Crippen LogP contribution in [0.25, 0.3) is 0 Å². The highest BCUT2D eigenvalue weighted by atomic mass is 15.0. The van der Waals surface area contributed by atoms with Crippen LogP contribution in [0.2, 0.25) is 0 Å². The standard InChI is InChI=1S/C11H25N/c1-6-8-11(2,3)9-7-10-12(4)5/h6-10H2,1-5H3. The van der Waals surface area contributed by atoms with E-state index in [0.29, 0.717) is 5.41 Å². The summed E-state index contributed by atoms with van der Waals surface area (Å²) in [5.41, 5.74) is 0.560. The molecule has 0 aliphatic rings. The van der Waals surface area contributed by atoms with E-state index in [1.165, 1.54) is 32.2 Å². The summed E-state index contributed by atoms with van der Waals surface area (Å²) in [4.78, 5) is 2.27. The summed E-state index contributed by atoms with van der Waals surface area (Å²) in [6.07, 6.45) is 5.37. The van der Waals surface area contributed by atoms with Crippen LogP contribution in [0, 0.1) is 5.41 Å². The van der Waals surface area contributed by atoms with Crippen LogP contribution in [-0.2, 0) is 0 Å². The zero-order valence-electron chi connectivity index (χ0n) is 9.48. The molecule has 0 aromatic carbocycles. The maximum absolute atomic E-state index is 2.38. The van der Waals surface area contributed by atoms with Gasteiger partial charge in [-0.3, -0.25) is 0 Å². The Morgan fingerprint density at radius 1 is 1.08 bits per heavy atom. The first-order valence-electron chi connectivity index (χ1n) is 5.12. The van der Waals surface area contributed by atoms with E-state index >= 15 is 0 Å². The van der Waals surface area contributed by atoms with Gasteiger partial charge in [-0.2, -0.15) is 0 Å². The Hall–Kier alpha value is -0.0400. The molecule has 0 atom stereocenters. The molecule has 0 aromatic heterocycles. The van der Waals surface area contributed by atoms with E-state index in [1.54, 1.807) is 0 Å². The van der Waals surface area contributed by atoms with Crippen LogP contribution in [-0.4, -0.2) is 25.5 Å². The molecular weight excluding hydrogens is 146 g/mol. The van der Waals surface area contributed by atoms with Crippen molar-refractivity contribution in [2.45, 2.75) is 46.5 Å². The summed E-state index contributed by atoms with van der Waals surface area (Å²) in [5.74, 6) is 0. The Bertz CT molecular complexity index is 106. The quantitative estimate of drug-likeness (QED) is 0.593. The van der Waals surface area contributed by atoms with Gasteiger partial charge in [0.1, 0.15) is 0 Å². The molecule has 0 saturated heterocycles. The first kappa shape index (κ1) is 12.0. The topological polar surface area (TPSA) is 3.24 Å². The maximum Gasteiger partial charge on any atom is -0.00246 e. The second-order valence-corrected chi connectivity index (χ2v) is 4.82. The summed E-state index contributed by atoms with van der Waals surface area (Å²) in [6, 6.07) is 0. The van der Waals surface area contributed by atoms with E-state index in [-0.39, 0.29) is 0 Å². The Balaban J connectivity index is 3.46. The highest BCUT2D eigenvalue weighted by molar-refractivity contribution is 4.68. The van der Waals surface area contributed by atoms with Crippen LogP contribution in [0.15, 0.2) is 0 Å². The zero-order chi connectivity index (χ0) is 9.61. The molecule has 0 aromatic rings. The van der Waals surface area contributed by atoms with E-state index in [1.807, 2.05) is 0 Å². The van der Waals surface area contributed by atoms with E-state index < -0.39 is 0 Å². The molecule has 0 saturated carbocycles. The minimum absolute atomic E-state index is 0.560. The van der Waals surface area contributed by atoms with Gasteiger partial charge in [-0.1, -0.05) is 27.2 Å². The van der Waals surface area contributed by atoms with Crippen LogP contribution in [0.1, 0.15) is 46.5 Å². The molecule has 74 valence electrons. The number of hydrogen-bond acceptors (Lipinski definition) is 1. The van der Waals surface area contributed by atoms with Crippen molar-refractivity contribution in [3.63, 3.8) is 0 Å². The van der Waals surface area contributed by atoms with Gasteiger partial charge in [-0.15, -0.1) is 0 Å². The summed E-state index contributed by atoms with van der Waals surface area (Å²) < 4.78 is 0. The van der Waals surface area contributed by atoms with Gasteiger partial charge in [0.05, 0.1) is 0 Å². The lowest BCUT2D eigenvalue weighted by molar-refractivity contribution is 0.274. The Labute approximate surface area is 78.1 Å².